The fourth-order valence-electron chi connectivity index (χ4n) is 2.81. The van der Waals surface area contributed by atoms with E-state index in [2.05, 4.69) is 12.2 Å². The first-order valence-corrected chi connectivity index (χ1v) is 10.1. The molecule has 3 heteroatoms. The number of nitrogens with two attached hydrogens (primary N) is 1. The van der Waals surface area contributed by atoms with Gasteiger partial charge in [0.15, 0.2) is 0 Å². The lowest BCUT2D eigenvalue weighted by Gasteiger charge is -2.22. The third kappa shape index (κ3) is 14.7. The van der Waals surface area contributed by atoms with E-state index in [9.17, 15) is 4.79 Å². The topological polar surface area (TPSA) is 55.1 Å². The molecule has 0 radical (unpaired) electrons. The molecule has 3 nitrogen and oxygen atoms in total. The summed E-state index contributed by atoms with van der Waals surface area (Å²) in [4.78, 5) is 11.2. The summed E-state index contributed by atoms with van der Waals surface area (Å²) in [7, 11) is 0. The van der Waals surface area contributed by atoms with Gasteiger partial charge in [-0.2, -0.15) is 0 Å². The number of carbonyl (C=O) groups is 1. The van der Waals surface area contributed by atoms with E-state index in [1.807, 2.05) is 13.8 Å². The second-order valence-electron chi connectivity index (χ2n) is 7.51. The van der Waals surface area contributed by atoms with Gasteiger partial charge in [-0.15, -0.1) is 0 Å². The molecule has 0 aliphatic carbocycles. The number of rotatable bonds is 17. The van der Waals surface area contributed by atoms with Crippen molar-refractivity contribution in [2.75, 3.05) is 6.54 Å². The van der Waals surface area contributed by atoms with Gasteiger partial charge in [-0.05, 0) is 26.8 Å². The van der Waals surface area contributed by atoms with Gasteiger partial charge in [-0.3, -0.25) is 4.79 Å². The molecule has 1 amide bonds. The Morgan fingerprint density at radius 3 is 1.43 bits per heavy atom. The zero-order valence-corrected chi connectivity index (χ0v) is 16.1. The van der Waals surface area contributed by atoms with Crippen molar-refractivity contribution in [2.45, 2.75) is 116 Å². The van der Waals surface area contributed by atoms with Gasteiger partial charge in [-0.1, -0.05) is 90.4 Å². The third-order valence-electron chi connectivity index (χ3n) is 4.71. The van der Waals surface area contributed by atoms with E-state index >= 15 is 0 Å². The first-order valence-electron chi connectivity index (χ1n) is 10.1. The first kappa shape index (κ1) is 22.4. The number of amides is 1. The van der Waals surface area contributed by atoms with Crippen molar-refractivity contribution >= 4 is 5.91 Å². The average Bonchev–Trinajstić information content (AvgIpc) is 2.51. The number of carbonyl (C=O) groups excluding carboxylic acids is 1. The zero-order chi connectivity index (χ0) is 17.4. The Morgan fingerprint density at radius 2 is 1.09 bits per heavy atom. The first-order chi connectivity index (χ1) is 11.0. The van der Waals surface area contributed by atoms with Crippen LogP contribution in [0.3, 0.4) is 0 Å². The molecule has 23 heavy (non-hydrogen) atoms. The van der Waals surface area contributed by atoms with E-state index in [1.54, 1.807) is 0 Å². The van der Waals surface area contributed by atoms with E-state index in [0.717, 1.165) is 13.0 Å². The minimum atomic E-state index is -0.573. The second kappa shape index (κ2) is 15.0. The van der Waals surface area contributed by atoms with Gasteiger partial charge in [0, 0.05) is 0 Å². The van der Waals surface area contributed by atoms with Crippen molar-refractivity contribution in [3.05, 3.63) is 0 Å². The van der Waals surface area contributed by atoms with Crippen molar-refractivity contribution in [3.63, 3.8) is 0 Å². The summed E-state index contributed by atoms with van der Waals surface area (Å²) in [5, 5.41) is 3.23. The maximum Gasteiger partial charge on any atom is 0.237 e. The maximum absolute atomic E-state index is 11.2. The van der Waals surface area contributed by atoms with Crippen LogP contribution in [0, 0.1) is 0 Å². The summed E-state index contributed by atoms with van der Waals surface area (Å²) in [6.07, 6.45) is 19.2. The van der Waals surface area contributed by atoms with Crippen LogP contribution in [0.1, 0.15) is 111 Å². The molecular formula is C20H42N2O. The van der Waals surface area contributed by atoms with Crippen LogP contribution in [0.5, 0.6) is 0 Å². The lowest BCUT2D eigenvalue weighted by atomic mass is 10.0. The highest BCUT2D eigenvalue weighted by molar-refractivity contribution is 5.83. The van der Waals surface area contributed by atoms with Crippen LogP contribution >= 0.6 is 0 Å². The van der Waals surface area contributed by atoms with Crippen LogP contribution in [0.25, 0.3) is 0 Å². The van der Waals surface area contributed by atoms with Gasteiger partial charge in [0.2, 0.25) is 5.91 Å². The molecule has 0 aromatic carbocycles. The molecule has 0 atom stereocenters. The molecule has 0 aliphatic rings. The second-order valence-corrected chi connectivity index (χ2v) is 7.51. The van der Waals surface area contributed by atoms with Gasteiger partial charge >= 0.3 is 0 Å². The van der Waals surface area contributed by atoms with E-state index in [0.29, 0.717) is 0 Å². The number of hydrogen-bond donors (Lipinski definition) is 2. The number of nitrogens with one attached hydrogen (secondary N) is 1. The van der Waals surface area contributed by atoms with Crippen LogP contribution in [-0.4, -0.2) is 18.0 Å². The van der Waals surface area contributed by atoms with Crippen LogP contribution in [0.4, 0.5) is 0 Å². The summed E-state index contributed by atoms with van der Waals surface area (Å²) in [6, 6.07) is 0. The number of hydrogen-bond acceptors (Lipinski definition) is 2. The van der Waals surface area contributed by atoms with E-state index in [-0.39, 0.29) is 5.91 Å². The van der Waals surface area contributed by atoms with Gasteiger partial charge in [0.25, 0.3) is 0 Å². The summed E-state index contributed by atoms with van der Waals surface area (Å²) >= 11 is 0. The van der Waals surface area contributed by atoms with Crippen molar-refractivity contribution in [2.24, 2.45) is 5.73 Å². The van der Waals surface area contributed by atoms with Crippen molar-refractivity contribution in [1.82, 2.24) is 5.32 Å². The molecule has 0 rings (SSSR count). The highest BCUT2D eigenvalue weighted by Crippen LogP contribution is 2.13. The highest BCUT2D eigenvalue weighted by Gasteiger charge is 2.22. The molecule has 3 N–H and O–H groups in total. The molecule has 138 valence electrons. The van der Waals surface area contributed by atoms with Crippen molar-refractivity contribution in [3.8, 4) is 0 Å². The largest absolute Gasteiger partial charge is 0.368 e. The quantitative estimate of drug-likeness (QED) is 0.355. The van der Waals surface area contributed by atoms with Crippen LogP contribution in [-0.2, 0) is 4.79 Å². The lowest BCUT2D eigenvalue weighted by Crippen LogP contribution is -2.50. The SMILES string of the molecule is CCCCCCCCCCCCCCCCNC(C)(C)C(N)=O. The summed E-state index contributed by atoms with van der Waals surface area (Å²) < 4.78 is 0. The number of unbranched alkanes of at least 4 members (excludes halogenated alkanes) is 13. The molecule has 0 aliphatic heterocycles. The molecule has 0 unspecified atom stereocenters. The minimum absolute atomic E-state index is 0.275. The molecule has 0 heterocycles. The van der Waals surface area contributed by atoms with E-state index in [1.165, 1.54) is 83.5 Å². The average molecular weight is 327 g/mol. The minimum Gasteiger partial charge on any atom is -0.368 e. The normalized spacial score (nSPS) is 11.8. The molecule has 0 spiro atoms. The van der Waals surface area contributed by atoms with E-state index < -0.39 is 5.54 Å². The van der Waals surface area contributed by atoms with Gasteiger partial charge in [-0.25, -0.2) is 0 Å². The van der Waals surface area contributed by atoms with Crippen LogP contribution < -0.4 is 11.1 Å². The van der Waals surface area contributed by atoms with Gasteiger partial charge < -0.3 is 11.1 Å². The molecule has 0 saturated carbocycles. The fourth-order valence-corrected chi connectivity index (χ4v) is 2.81. The van der Waals surface area contributed by atoms with Crippen molar-refractivity contribution < 1.29 is 4.79 Å². The summed E-state index contributed by atoms with van der Waals surface area (Å²) in [5.74, 6) is -0.275. The maximum atomic E-state index is 11.2. The Labute approximate surface area is 145 Å². The molecule has 0 saturated heterocycles. The Morgan fingerprint density at radius 1 is 0.739 bits per heavy atom. The predicted molar refractivity (Wildman–Crippen MR) is 102 cm³/mol. The van der Waals surface area contributed by atoms with Crippen LogP contribution in [0.2, 0.25) is 0 Å². The Kier molecular flexibility index (Phi) is 14.6. The summed E-state index contributed by atoms with van der Waals surface area (Å²) in [5.41, 5.74) is 4.76. The lowest BCUT2D eigenvalue weighted by molar-refractivity contribution is -0.123. The molecule has 0 aromatic heterocycles. The molecular weight excluding hydrogens is 284 g/mol. The predicted octanol–water partition coefficient (Wildman–Crippen LogP) is 5.32. The Bertz CT molecular complexity index is 277. The van der Waals surface area contributed by atoms with E-state index in [4.69, 9.17) is 5.73 Å². The molecule has 0 fully saturated rings. The third-order valence-corrected chi connectivity index (χ3v) is 4.71. The summed E-state index contributed by atoms with van der Waals surface area (Å²) in [6.45, 7) is 6.85. The van der Waals surface area contributed by atoms with Crippen molar-refractivity contribution in [1.29, 1.82) is 0 Å². The highest BCUT2D eigenvalue weighted by atomic mass is 16.1. The Balaban J connectivity index is 3.15. The monoisotopic (exact) mass is 326 g/mol. The zero-order valence-electron chi connectivity index (χ0n) is 16.1. The molecule has 0 bridgehead atoms. The molecule has 0 aromatic rings. The number of primary amides is 1. The smallest absolute Gasteiger partial charge is 0.237 e. The fraction of sp³-hybridized carbons (Fsp3) is 0.950. The van der Waals surface area contributed by atoms with Gasteiger partial charge in [0.1, 0.15) is 0 Å². The van der Waals surface area contributed by atoms with Crippen LogP contribution in [0.15, 0.2) is 0 Å². The van der Waals surface area contributed by atoms with Gasteiger partial charge in [0.05, 0.1) is 5.54 Å². The standard InChI is InChI=1S/C20H42N2O/c1-4-5-6-7-8-9-10-11-12-13-14-15-16-17-18-22-20(2,3)19(21)23/h22H,4-18H2,1-3H3,(H2,21,23). The Hall–Kier alpha value is -0.570.